The van der Waals surface area contributed by atoms with Gasteiger partial charge in [0.05, 0.1) is 0 Å². The molecule has 0 amide bonds. The third kappa shape index (κ3) is 16.7. The predicted octanol–water partition coefficient (Wildman–Crippen LogP) is 27.2. The molecular weight excluding hydrogens is 1180 g/mol. The van der Waals surface area contributed by atoms with E-state index < -0.39 is 0 Å². The minimum Gasteiger partial charge on any atom is -0.456 e. The summed E-state index contributed by atoms with van der Waals surface area (Å²) < 4.78 is 8.59. The molecule has 2 heterocycles. The number of thiophene rings is 1. The molecule has 0 saturated heterocycles. The quantitative estimate of drug-likeness (QED) is 0.171. The summed E-state index contributed by atoms with van der Waals surface area (Å²) in [5.74, 6) is 0. The fourth-order valence-corrected chi connectivity index (χ4v) is 13.5. The summed E-state index contributed by atoms with van der Waals surface area (Å²) in [6.45, 7) is 19.5. The molecule has 0 aliphatic heterocycles. The van der Waals surface area contributed by atoms with E-state index in [1.54, 1.807) is 0 Å². The summed E-state index contributed by atoms with van der Waals surface area (Å²) >= 11 is 1.89. The lowest BCUT2D eigenvalue weighted by atomic mass is 9.82. The van der Waals surface area contributed by atoms with Gasteiger partial charge in [-0.1, -0.05) is 364 Å². The molecule has 0 saturated carbocycles. The Morgan fingerprint density at radius 1 is 0.250 bits per heavy atom. The van der Waals surface area contributed by atoms with E-state index in [4.69, 9.17) is 4.42 Å². The van der Waals surface area contributed by atoms with Crippen LogP contribution in [0.25, 0.3) is 97.7 Å². The lowest BCUT2D eigenvalue weighted by molar-refractivity contribution is 0.660. The summed E-state index contributed by atoms with van der Waals surface area (Å²) in [7, 11) is 0. The van der Waals surface area contributed by atoms with Crippen molar-refractivity contribution in [2.75, 3.05) is 0 Å². The molecule has 0 atom stereocenters. The number of fused-ring (bicyclic) bond motifs is 9. The molecule has 0 spiro atoms. The van der Waals surface area contributed by atoms with Crippen LogP contribution >= 0.6 is 11.3 Å². The Bertz CT molecular complexity index is 4950. The number of hydrogen-bond acceptors (Lipinski definition) is 2. The summed E-state index contributed by atoms with van der Waals surface area (Å²) in [5.41, 5.74) is 27.2. The van der Waals surface area contributed by atoms with Crippen LogP contribution in [0, 0.1) is 48.5 Å². The van der Waals surface area contributed by atoms with Gasteiger partial charge >= 0.3 is 0 Å². The Balaban J connectivity index is 0.000000115. The fraction of sp³-hybridized carbons (Fsp3) is 0.106. The number of rotatable bonds is 4. The summed E-state index contributed by atoms with van der Waals surface area (Å²) in [6, 6.07) is 121. The van der Waals surface area contributed by atoms with E-state index >= 15 is 0 Å². The molecule has 17 rings (SSSR count). The van der Waals surface area contributed by atoms with Crippen LogP contribution in [0.4, 0.5) is 0 Å². The van der Waals surface area contributed by atoms with E-state index in [1.807, 2.05) is 59.9 Å². The Morgan fingerprint density at radius 2 is 0.656 bits per heavy atom. The van der Waals surface area contributed by atoms with Gasteiger partial charge < -0.3 is 4.42 Å². The van der Waals surface area contributed by atoms with E-state index in [0.29, 0.717) is 0 Å². The molecular formula is C94H84OS. The van der Waals surface area contributed by atoms with Crippen molar-refractivity contribution < 1.29 is 4.42 Å². The van der Waals surface area contributed by atoms with E-state index in [-0.39, 0.29) is 5.41 Å². The second-order valence-corrected chi connectivity index (χ2v) is 26.3. The van der Waals surface area contributed by atoms with Crippen LogP contribution in [-0.4, -0.2) is 0 Å². The van der Waals surface area contributed by atoms with Crippen molar-refractivity contribution in [2.45, 2.75) is 67.7 Å². The van der Waals surface area contributed by atoms with Crippen molar-refractivity contribution in [1.82, 2.24) is 0 Å². The lowest BCUT2D eigenvalue weighted by Gasteiger charge is -2.21. The van der Waals surface area contributed by atoms with Crippen molar-refractivity contribution in [2.24, 2.45) is 0 Å². The predicted molar refractivity (Wildman–Crippen MR) is 418 cm³/mol. The van der Waals surface area contributed by atoms with Crippen LogP contribution in [-0.2, 0) is 5.41 Å². The topological polar surface area (TPSA) is 13.1 Å². The third-order valence-corrected chi connectivity index (χ3v) is 18.8. The maximum atomic E-state index is 5.78. The van der Waals surface area contributed by atoms with Crippen LogP contribution in [0.1, 0.15) is 63.9 Å². The van der Waals surface area contributed by atoms with E-state index in [9.17, 15) is 0 Å². The SMILES string of the molecule is Cc1cc(-c2ccccc2)cc(-c2ccccc2)c1.Cc1ccc(-c2ccccc2)cc1.Cc1ccc2c(c1)C(C)(C)c1ccccc1-2.Cc1cccc(-c2ccccc2)c1.Cc1cccc2c1oc1ccccc12.Cc1cccc2c1sc1ccccc12.Cc1ccccc1. The maximum Gasteiger partial charge on any atom is 0.138 e. The van der Waals surface area contributed by atoms with Crippen molar-refractivity contribution in [1.29, 1.82) is 0 Å². The zero-order valence-corrected chi connectivity index (χ0v) is 57.5. The van der Waals surface area contributed by atoms with Gasteiger partial charge in [-0.15, -0.1) is 11.3 Å². The van der Waals surface area contributed by atoms with Crippen LogP contribution in [0.2, 0.25) is 0 Å². The molecule has 0 bridgehead atoms. The van der Waals surface area contributed by atoms with Gasteiger partial charge in [-0.05, 0) is 150 Å². The monoisotopic (exact) mass is 1260 g/mol. The zero-order valence-electron chi connectivity index (χ0n) is 56.7. The number of benzene rings is 14. The highest BCUT2D eigenvalue weighted by Crippen LogP contribution is 2.48. The Kier molecular flexibility index (Phi) is 22.1. The van der Waals surface area contributed by atoms with Crippen LogP contribution in [0.3, 0.4) is 0 Å². The number of hydrogen-bond donors (Lipinski definition) is 0. The molecule has 96 heavy (non-hydrogen) atoms. The van der Waals surface area contributed by atoms with Crippen molar-refractivity contribution in [3.8, 4) is 55.6 Å². The second-order valence-electron chi connectivity index (χ2n) is 25.3. The van der Waals surface area contributed by atoms with Gasteiger partial charge in [0.1, 0.15) is 11.2 Å². The molecule has 1 nitrogen and oxygen atoms in total. The molecule has 2 heteroatoms. The smallest absolute Gasteiger partial charge is 0.138 e. The Hall–Kier alpha value is -10.9. The van der Waals surface area contributed by atoms with Crippen LogP contribution in [0.15, 0.2) is 350 Å². The van der Waals surface area contributed by atoms with Gasteiger partial charge in [0, 0.05) is 36.4 Å². The molecule has 1 aliphatic rings. The van der Waals surface area contributed by atoms with Gasteiger partial charge in [-0.25, -0.2) is 0 Å². The van der Waals surface area contributed by atoms with Crippen LogP contribution < -0.4 is 0 Å². The normalized spacial score (nSPS) is 11.3. The molecule has 2 aromatic heterocycles. The summed E-state index contributed by atoms with van der Waals surface area (Å²) in [5, 5.41) is 5.19. The maximum absolute atomic E-state index is 5.78. The van der Waals surface area contributed by atoms with Gasteiger partial charge in [0.25, 0.3) is 0 Å². The van der Waals surface area contributed by atoms with E-state index in [2.05, 4.69) is 360 Å². The second kappa shape index (κ2) is 31.8. The number of aryl methyl sites for hydroxylation is 7. The molecule has 0 N–H and O–H groups in total. The number of furan rings is 1. The minimum absolute atomic E-state index is 0.151. The molecule has 0 fully saturated rings. The van der Waals surface area contributed by atoms with Crippen molar-refractivity contribution >= 4 is 53.4 Å². The number of para-hydroxylation sites is 2. The highest BCUT2D eigenvalue weighted by Gasteiger charge is 2.34. The average molecular weight is 1260 g/mol. The summed E-state index contributed by atoms with van der Waals surface area (Å²) in [6.07, 6.45) is 0. The largest absolute Gasteiger partial charge is 0.456 e. The van der Waals surface area contributed by atoms with Gasteiger partial charge in [0.2, 0.25) is 0 Å². The van der Waals surface area contributed by atoms with Gasteiger partial charge in [-0.3, -0.25) is 0 Å². The molecule has 14 aromatic carbocycles. The van der Waals surface area contributed by atoms with Gasteiger partial charge in [0.15, 0.2) is 0 Å². The van der Waals surface area contributed by atoms with Gasteiger partial charge in [-0.2, -0.15) is 0 Å². The van der Waals surface area contributed by atoms with Crippen molar-refractivity contribution in [3.05, 3.63) is 396 Å². The highest BCUT2D eigenvalue weighted by molar-refractivity contribution is 7.26. The first kappa shape index (κ1) is 66.6. The molecule has 1 aliphatic carbocycles. The molecule has 0 unspecified atom stereocenters. The highest BCUT2D eigenvalue weighted by atomic mass is 32.1. The van der Waals surface area contributed by atoms with E-state index in [0.717, 1.165) is 11.2 Å². The first-order chi connectivity index (χ1) is 46.8. The fourth-order valence-electron chi connectivity index (χ4n) is 12.3. The molecule has 0 radical (unpaired) electrons. The first-order valence-electron chi connectivity index (χ1n) is 33.2. The first-order valence-corrected chi connectivity index (χ1v) is 34.0. The molecule has 472 valence electrons. The van der Waals surface area contributed by atoms with E-state index in [1.165, 1.54) is 137 Å². The minimum atomic E-state index is 0.151. The average Bonchev–Trinajstić information content (AvgIpc) is 1.58. The molecule has 16 aromatic rings. The standard InChI is InChI=1S/C19H16.C16H16.C13H10O.C13H10S.2C13H12.C7H8/c1-15-12-18(16-8-4-2-5-9-16)14-19(13-15)17-10-6-3-7-11-17;1-11-8-9-13-12-6-4-5-7-14(12)16(2,3)15(13)10-11;2*1-9-5-4-7-11-10-6-2-3-8-12(10)14-13(9)11;1-11-6-5-9-13(10-11)12-7-3-2-4-8-12;1-11-7-9-13(10-8-11)12-5-3-2-4-6-12;1-7-5-3-2-4-6-7/h2-14H,1H3;4-10H,1-3H3;2*2-8H,1H3;2*2-10H,1H3;2-6H,1H3. The van der Waals surface area contributed by atoms with Crippen molar-refractivity contribution in [3.63, 3.8) is 0 Å². The lowest BCUT2D eigenvalue weighted by Crippen LogP contribution is -2.14. The zero-order chi connectivity index (χ0) is 66.8. The third-order valence-electron chi connectivity index (χ3n) is 17.5. The van der Waals surface area contributed by atoms with Crippen LogP contribution in [0.5, 0.6) is 0 Å². The Labute approximate surface area is 573 Å². The summed E-state index contributed by atoms with van der Waals surface area (Å²) in [4.78, 5) is 0. The Morgan fingerprint density at radius 3 is 1.25 bits per heavy atom.